The highest BCUT2D eigenvalue weighted by Crippen LogP contribution is 2.52. The van der Waals surface area contributed by atoms with E-state index in [4.69, 9.17) is 0 Å². The van der Waals surface area contributed by atoms with Gasteiger partial charge < -0.3 is 15.3 Å². The molecule has 6 heteroatoms. The number of amides is 2. The lowest BCUT2D eigenvalue weighted by Gasteiger charge is -2.39. The van der Waals surface area contributed by atoms with E-state index in [0.29, 0.717) is 12.8 Å². The van der Waals surface area contributed by atoms with Crippen LogP contribution in [0.3, 0.4) is 0 Å². The molecule has 1 aliphatic carbocycles. The summed E-state index contributed by atoms with van der Waals surface area (Å²) in [5.74, 6) is -0.132. The number of carbonyl (C=O) groups is 2. The zero-order chi connectivity index (χ0) is 20.7. The van der Waals surface area contributed by atoms with Crippen LogP contribution in [0.1, 0.15) is 42.2 Å². The number of benzene rings is 2. The van der Waals surface area contributed by atoms with Gasteiger partial charge in [-0.3, -0.25) is 4.79 Å². The zero-order valence-corrected chi connectivity index (χ0v) is 17.6. The summed E-state index contributed by atoms with van der Waals surface area (Å²) >= 11 is 1.76. The van der Waals surface area contributed by atoms with Gasteiger partial charge in [0.1, 0.15) is 11.0 Å². The van der Waals surface area contributed by atoms with Gasteiger partial charge in [0.15, 0.2) is 5.78 Å². The molecule has 2 saturated heterocycles. The SMILES string of the molecule is O=C1N[C@H](C2(O)CCCCC2=O)[C@@H]2C(Cc3ccccc3)S[C@@H](c3ccccc3)N12. The second-order valence-electron chi connectivity index (χ2n) is 8.51. The summed E-state index contributed by atoms with van der Waals surface area (Å²) in [7, 11) is 0. The van der Waals surface area contributed by atoms with Crippen LogP contribution in [0.4, 0.5) is 4.79 Å². The van der Waals surface area contributed by atoms with E-state index >= 15 is 0 Å². The summed E-state index contributed by atoms with van der Waals surface area (Å²) in [6.07, 6.45) is 3.20. The number of carbonyl (C=O) groups excluding carboxylic acids is 2. The van der Waals surface area contributed by atoms with Gasteiger partial charge >= 0.3 is 6.03 Å². The fourth-order valence-corrected chi connectivity index (χ4v) is 6.95. The van der Waals surface area contributed by atoms with Crippen molar-refractivity contribution in [3.05, 3.63) is 71.8 Å². The lowest BCUT2D eigenvalue weighted by molar-refractivity contribution is -0.145. The second kappa shape index (κ2) is 7.75. The van der Waals surface area contributed by atoms with Gasteiger partial charge in [0, 0.05) is 11.7 Å². The fraction of sp³-hybridized carbons (Fsp3) is 0.417. The van der Waals surface area contributed by atoms with Crippen molar-refractivity contribution < 1.29 is 14.7 Å². The van der Waals surface area contributed by atoms with E-state index in [9.17, 15) is 14.7 Å². The maximum atomic E-state index is 13.1. The van der Waals surface area contributed by atoms with Crippen LogP contribution in [0.5, 0.6) is 0 Å². The molecule has 0 bridgehead atoms. The van der Waals surface area contributed by atoms with Crippen molar-refractivity contribution >= 4 is 23.6 Å². The third-order valence-electron chi connectivity index (χ3n) is 6.69. The number of nitrogens with zero attached hydrogens (tertiary/aromatic N) is 1. The van der Waals surface area contributed by atoms with E-state index in [0.717, 1.165) is 24.8 Å². The van der Waals surface area contributed by atoms with Gasteiger partial charge in [-0.25, -0.2) is 4.79 Å². The van der Waals surface area contributed by atoms with Crippen LogP contribution >= 0.6 is 11.8 Å². The van der Waals surface area contributed by atoms with Crippen molar-refractivity contribution in [2.75, 3.05) is 0 Å². The molecular weight excluding hydrogens is 396 g/mol. The largest absolute Gasteiger partial charge is 0.380 e. The number of rotatable bonds is 4. The summed E-state index contributed by atoms with van der Waals surface area (Å²) in [6, 6.07) is 19.3. The monoisotopic (exact) mass is 422 g/mol. The maximum absolute atomic E-state index is 13.1. The maximum Gasteiger partial charge on any atom is 0.319 e. The number of nitrogens with one attached hydrogen (secondary N) is 1. The molecule has 30 heavy (non-hydrogen) atoms. The first-order chi connectivity index (χ1) is 14.6. The summed E-state index contributed by atoms with van der Waals surface area (Å²) < 4.78 is 0. The molecule has 5 nitrogen and oxygen atoms in total. The molecule has 2 heterocycles. The predicted molar refractivity (Wildman–Crippen MR) is 117 cm³/mol. The normalized spacial score (nSPS) is 33.4. The van der Waals surface area contributed by atoms with Crippen LogP contribution in [0.2, 0.25) is 0 Å². The summed E-state index contributed by atoms with van der Waals surface area (Å²) in [5.41, 5.74) is 0.790. The summed E-state index contributed by atoms with van der Waals surface area (Å²) in [4.78, 5) is 27.8. The van der Waals surface area contributed by atoms with Crippen molar-refractivity contribution in [1.82, 2.24) is 10.2 Å². The molecule has 2 aromatic rings. The van der Waals surface area contributed by atoms with E-state index < -0.39 is 11.6 Å². The van der Waals surface area contributed by atoms with Gasteiger partial charge in [-0.2, -0.15) is 0 Å². The van der Waals surface area contributed by atoms with Crippen molar-refractivity contribution in [2.24, 2.45) is 0 Å². The number of hydrogen-bond donors (Lipinski definition) is 2. The first kappa shape index (κ1) is 19.6. The molecule has 2 aliphatic heterocycles. The third-order valence-corrected chi connectivity index (χ3v) is 8.24. The van der Waals surface area contributed by atoms with Crippen molar-refractivity contribution in [3.8, 4) is 0 Å². The highest BCUT2D eigenvalue weighted by molar-refractivity contribution is 8.00. The lowest BCUT2D eigenvalue weighted by Crippen LogP contribution is -2.61. The molecule has 5 atom stereocenters. The Kier molecular flexibility index (Phi) is 5.07. The summed E-state index contributed by atoms with van der Waals surface area (Å²) in [6.45, 7) is 0. The molecule has 3 fully saturated rings. The van der Waals surface area contributed by atoms with Gasteiger partial charge in [-0.1, -0.05) is 60.7 Å². The van der Waals surface area contributed by atoms with Crippen LogP contribution in [0.25, 0.3) is 0 Å². The number of fused-ring (bicyclic) bond motifs is 1. The topological polar surface area (TPSA) is 69.6 Å². The van der Waals surface area contributed by atoms with E-state index in [1.807, 2.05) is 53.4 Å². The minimum Gasteiger partial charge on any atom is -0.380 e. The first-order valence-electron chi connectivity index (χ1n) is 10.7. The first-order valence-corrected chi connectivity index (χ1v) is 11.6. The van der Waals surface area contributed by atoms with Gasteiger partial charge in [0.05, 0.1) is 12.1 Å². The fourth-order valence-electron chi connectivity index (χ4n) is 5.20. The minimum atomic E-state index is -1.48. The number of thioether (sulfide) groups is 1. The molecule has 2 unspecified atom stereocenters. The number of urea groups is 1. The minimum absolute atomic E-state index is 0.0836. The van der Waals surface area contributed by atoms with Gasteiger partial charge in [-0.15, -0.1) is 11.8 Å². The van der Waals surface area contributed by atoms with Crippen LogP contribution in [0, 0.1) is 0 Å². The Balaban J connectivity index is 1.53. The number of aliphatic hydroxyl groups is 1. The highest BCUT2D eigenvalue weighted by atomic mass is 32.2. The van der Waals surface area contributed by atoms with E-state index in [-0.39, 0.29) is 28.5 Å². The molecule has 2 amide bonds. The number of Topliss-reactive ketones (excluding diaryl/α,β-unsaturated/α-hetero) is 1. The number of hydrogen-bond acceptors (Lipinski definition) is 4. The molecule has 2 N–H and O–H groups in total. The lowest BCUT2D eigenvalue weighted by atomic mass is 9.75. The van der Waals surface area contributed by atoms with Gasteiger partial charge in [-0.05, 0) is 36.8 Å². The smallest absolute Gasteiger partial charge is 0.319 e. The predicted octanol–water partition coefficient (Wildman–Crippen LogP) is 3.68. The highest BCUT2D eigenvalue weighted by Gasteiger charge is 2.61. The molecular formula is C24H26N2O3S. The Morgan fingerprint density at radius 1 is 1.03 bits per heavy atom. The molecule has 0 aromatic heterocycles. The molecule has 0 radical (unpaired) electrons. The van der Waals surface area contributed by atoms with Crippen molar-refractivity contribution in [3.63, 3.8) is 0 Å². The Morgan fingerprint density at radius 2 is 1.73 bits per heavy atom. The molecule has 3 aliphatic rings. The molecule has 5 rings (SSSR count). The Morgan fingerprint density at radius 3 is 2.43 bits per heavy atom. The van der Waals surface area contributed by atoms with Crippen LogP contribution in [-0.4, -0.2) is 44.8 Å². The van der Waals surface area contributed by atoms with Crippen molar-refractivity contribution in [2.45, 2.75) is 60.4 Å². The van der Waals surface area contributed by atoms with E-state index in [2.05, 4.69) is 17.4 Å². The van der Waals surface area contributed by atoms with Crippen LogP contribution in [-0.2, 0) is 11.2 Å². The Labute approximate surface area is 180 Å². The van der Waals surface area contributed by atoms with E-state index in [1.54, 1.807) is 11.8 Å². The Bertz CT molecular complexity index is 938. The average molecular weight is 423 g/mol. The van der Waals surface area contributed by atoms with Gasteiger partial charge in [0.2, 0.25) is 0 Å². The average Bonchev–Trinajstić information content (AvgIpc) is 3.31. The standard InChI is InChI=1S/C24H26N2O3S/c27-19-13-7-8-14-24(19,29)21-20-18(15-16-9-3-1-4-10-16)30-22(26(20)23(28)25-21)17-11-5-2-6-12-17/h1-6,9-12,18,20-22,29H,7-8,13-15H2,(H,25,28)/t18?,20-,21-,22-,24?/m0/s1. The van der Waals surface area contributed by atoms with Crippen molar-refractivity contribution in [1.29, 1.82) is 0 Å². The number of ketones is 1. The van der Waals surface area contributed by atoms with Gasteiger partial charge in [0.25, 0.3) is 0 Å². The zero-order valence-electron chi connectivity index (χ0n) is 16.7. The van der Waals surface area contributed by atoms with E-state index in [1.165, 1.54) is 5.56 Å². The molecule has 156 valence electrons. The molecule has 1 saturated carbocycles. The Hall–Kier alpha value is -2.31. The third kappa shape index (κ3) is 3.22. The molecule has 2 aromatic carbocycles. The quantitative estimate of drug-likeness (QED) is 0.789. The second-order valence-corrected chi connectivity index (χ2v) is 9.83. The summed E-state index contributed by atoms with van der Waals surface area (Å²) in [5, 5.41) is 14.4. The van der Waals surface area contributed by atoms with Crippen LogP contribution in [0.15, 0.2) is 60.7 Å². The van der Waals surface area contributed by atoms with Crippen LogP contribution < -0.4 is 5.32 Å². The molecule has 0 spiro atoms.